The van der Waals surface area contributed by atoms with Crippen molar-refractivity contribution in [3.05, 3.63) is 33.8 Å². The number of hydrogen-bond acceptors (Lipinski definition) is 3. The highest BCUT2D eigenvalue weighted by atomic mass is 79.9. The molecule has 4 nitrogen and oxygen atoms in total. The largest absolute Gasteiger partial charge is 0.373 e. The van der Waals surface area contributed by atoms with Gasteiger partial charge >= 0.3 is 0 Å². The highest BCUT2D eigenvalue weighted by Crippen LogP contribution is 2.23. The van der Waals surface area contributed by atoms with Crippen molar-refractivity contribution >= 4 is 21.8 Å². The number of nitrogens with one attached hydrogen (secondary N) is 1. The Balaban J connectivity index is 1.86. The summed E-state index contributed by atoms with van der Waals surface area (Å²) in [5, 5.41) is 3.30. The number of ether oxygens (including phenoxy) is 1. The zero-order valence-electron chi connectivity index (χ0n) is 10.9. The van der Waals surface area contributed by atoms with E-state index in [-0.39, 0.29) is 18.1 Å². The molecule has 1 N–H and O–H groups in total. The van der Waals surface area contributed by atoms with Crippen molar-refractivity contribution in [3.63, 3.8) is 0 Å². The maximum atomic E-state index is 12.7. The second-order valence-corrected chi connectivity index (χ2v) is 6.01. The second kappa shape index (κ2) is 5.23. The molecule has 0 radical (unpaired) electrons. The van der Waals surface area contributed by atoms with Gasteiger partial charge in [0.1, 0.15) is 0 Å². The maximum Gasteiger partial charge on any atom is 0.254 e. The fourth-order valence-electron chi connectivity index (χ4n) is 2.86. The quantitative estimate of drug-likeness (QED) is 0.852. The molecule has 0 saturated carbocycles. The average molecular weight is 325 g/mol. The van der Waals surface area contributed by atoms with Crippen molar-refractivity contribution in [1.29, 1.82) is 0 Å². The van der Waals surface area contributed by atoms with Gasteiger partial charge in [-0.2, -0.15) is 0 Å². The number of halogens is 1. The Morgan fingerprint density at radius 1 is 1.47 bits per heavy atom. The fourth-order valence-corrected chi connectivity index (χ4v) is 3.34. The van der Waals surface area contributed by atoms with Crippen LogP contribution in [0.5, 0.6) is 0 Å². The molecule has 2 atom stereocenters. The van der Waals surface area contributed by atoms with Crippen LogP contribution in [0.4, 0.5) is 0 Å². The summed E-state index contributed by atoms with van der Waals surface area (Å²) < 4.78 is 6.71. The first-order valence-corrected chi connectivity index (χ1v) is 7.35. The van der Waals surface area contributed by atoms with Gasteiger partial charge in [0.2, 0.25) is 0 Å². The fraction of sp³-hybridized carbons (Fsp3) is 0.500. The number of carbonyl (C=O) groups is 1. The molecule has 0 aliphatic carbocycles. The van der Waals surface area contributed by atoms with Crippen LogP contribution in [0.2, 0.25) is 0 Å². The average Bonchev–Trinajstić information content (AvgIpc) is 2.86. The molecular formula is C14H17BrN2O2. The molecule has 2 fully saturated rings. The molecule has 0 bridgehead atoms. The molecule has 102 valence electrons. The molecule has 5 heteroatoms. The molecule has 1 aromatic rings. The molecule has 3 rings (SSSR count). The minimum Gasteiger partial charge on any atom is -0.373 e. The molecule has 2 heterocycles. The third-order valence-corrected chi connectivity index (χ3v) is 4.37. The summed E-state index contributed by atoms with van der Waals surface area (Å²) in [6.07, 6.45) is 0.147. The molecule has 0 unspecified atom stereocenters. The molecule has 2 aliphatic rings. The van der Waals surface area contributed by atoms with Gasteiger partial charge in [-0.3, -0.25) is 4.79 Å². The normalized spacial score (nSPS) is 26.3. The van der Waals surface area contributed by atoms with Crippen molar-refractivity contribution in [2.24, 2.45) is 0 Å². The number of rotatable bonds is 1. The monoisotopic (exact) mass is 324 g/mol. The molecule has 2 aliphatic heterocycles. The van der Waals surface area contributed by atoms with Crippen molar-refractivity contribution in [1.82, 2.24) is 10.2 Å². The van der Waals surface area contributed by atoms with Crippen LogP contribution in [0, 0.1) is 6.92 Å². The summed E-state index contributed by atoms with van der Waals surface area (Å²) in [7, 11) is 0. The van der Waals surface area contributed by atoms with Crippen LogP contribution in [-0.4, -0.2) is 49.2 Å². The maximum absolute atomic E-state index is 12.7. The summed E-state index contributed by atoms with van der Waals surface area (Å²) in [4.78, 5) is 14.7. The minimum atomic E-state index is 0.118. The number of aryl methyl sites for hydroxylation is 1. The Morgan fingerprint density at radius 3 is 3.11 bits per heavy atom. The molecule has 0 aromatic heterocycles. The van der Waals surface area contributed by atoms with Crippen LogP contribution in [0.25, 0.3) is 0 Å². The van der Waals surface area contributed by atoms with E-state index in [0.717, 1.165) is 28.7 Å². The Labute approximate surface area is 121 Å². The summed E-state index contributed by atoms with van der Waals surface area (Å²) in [5.74, 6) is 0.118. The Hall–Kier alpha value is -0.910. The third kappa shape index (κ3) is 2.42. The van der Waals surface area contributed by atoms with Crippen molar-refractivity contribution in [2.75, 3.05) is 26.2 Å². The predicted molar refractivity (Wildman–Crippen MR) is 76.3 cm³/mol. The number of fused-ring (bicyclic) bond motifs is 1. The Morgan fingerprint density at radius 2 is 2.32 bits per heavy atom. The highest BCUT2D eigenvalue weighted by Gasteiger charge is 2.38. The van der Waals surface area contributed by atoms with E-state index in [2.05, 4.69) is 21.2 Å². The summed E-state index contributed by atoms with van der Waals surface area (Å²) >= 11 is 3.43. The van der Waals surface area contributed by atoms with Crippen LogP contribution < -0.4 is 5.32 Å². The van der Waals surface area contributed by atoms with Gasteiger partial charge in [-0.05, 0) is 30.7 Å². The molecule has 1 amide bonds. The van der Waals surface area contributed by atoms with Gasteiger partial charge in [0.05, 0.1) is 18.8 Å². The van der Waals surface area contributed by atoms with Gasteiger partial charge in [0.25, 0.3) is 5.91 Å². The standard InChI is InChI=1S/C14H17BrN2O2/c1-9-6-10(15)2-3-11(9)14(18)17-4-5-19-13-8-16-7-12(13)17/h2-3,6,12-13,16H,4-5,7-8H2,1H3/t12-,13+/m1/s1. The lowest BCUT2D eigenvalue weighted by molar-refractivity contribution is -0.0365. The van der Waals surface area contributed by atoms with Crippen LogP contribution in [0.15, 0.2) is 22.7 Å². The first-order chi connectivity index (χ1) is 9.16. The van der Waals surface area contributed by atoms with E-state index < -0.39 is 0 Å². The number of hydrogen-bond donors (Lipinski definition) is 1. The van der Waals surface area contributed by atoms with Gasteiger partial charge < -0.3 is 15.0 Å². The lowest BCUT2D eigenvalue weighted by Gasteiger charge is -2.37. The Kier molecular flexibility index (Phi) is 3.60. The highest BCUT2D eigenvalue weighted by molar-refractivity contribution is 9.10. The zero-order chi connectivity index (χ0) is 13.4. The van der Waals surface area contributed by atoms with Crippen LogP contribution in [0.3, 0.4) is 0 Å². The van der Waals surface area contributed by atoms with E-state index in [4.69, 9.17) is 4.74 Å². The smallest absolute Gasteiger partial charge is 0.254 e. The molecule has 1 aromatic carbocycles. The van der Waals surface area contributed by atoms with E-state index in [1.54, 1.807) is 0 Å². The van der Waals surface area contributed by atoms with Gasteiger partial charge in [-0.1, -0.05) is 15.9 Å². The van der Waals surface area contributed by atoms with E-state index in [1.807, 2.05) is 30.0 Å². The number of carbonyl (C=O) groups excluding carboxylic acids is 1. The number of morpholine rings is 1. The molecule has 2 saturated heterocycles. The second-order valence-electron chi connectivity index (χ2n) is 5.09. The van der Waals surface area contributed by atoms with Crippen molar-refractivity contribution in [3.8, 4) is 0 Å². The van der Waals surface area contributed by atoms with Gasteiger partial charge in [0, 0.05) is 29.7 Å². The lowest BCUT2D eigenvalue weighted by atomic mass is 10.0. The molecule has 19 heavy (non-hydrogen) atoms. The predicted octanol–water partition coefficient (Wildman–Crippen LogP) is 1.57. The van der Waals surface area contributed by atoms with E-state index >= 15 is 0 Å². The van der Waals surface area contributed by atoms with Gasteiger partial charge in [0.15, 0.2) is 0 Å². The molecular weight excluding hydrogens is 308 g/mol. The first-order valence-electron chi connectivity index (χ1n) is 6.56. The summed E-state index contributed by atoms with van der Waals surface area (Å²) in [6.45, 7) is 4.95. The summed E-state index contributed by atoms with van der Waals surface area (Å²) in [6, 6.07) is 5.97. The molecule has 0 spiro atoms. The zero-order valence-corrected chi connectivity index (χ0v) is 12.4. The number of nitrogens with zero attached hydrogens (tertiary/aromatic N) is 1. The van der Waals surface area contributed by atoms with Crippen LogP contribution in [0.1, 0.15) is 15.9 Å². The third-order valence-electron chi connectivity index (χ3n) is 3.87. The Bertz CT molecular complexity index is 506. The van der Waals surface area contributed by atoms with E-state index in [9.17, 15) is 4.79 Å². The lowest BCUT2D eigenvalue weighted by Crippen LogP contribution is -2.53. The SMILES string of the molecule is Cc1cc(Br)ccc1C(=O)N1CCO[C@H]2CNC[C@H]21. The first kappa shape index (κ1) is 13.1. The summed E-state index contributed by atoms with van der Waals surface area (Å²) in [5.41, 5.74) is 1.80. The van der Waals surface area contributed by atoms with Crippen LogP contribution in [-0.2, 0) is 4.74 Å². The van der Waals surface area contributed by atoms with E-state index in [1.165, 1.54) is 0 Å². The van der Waals surface area contributed by atoms with E-state index in [0.29, 0.717) is 13.2 Å². The van der Waals surface area contributed by atoms with Gasteiger partial charge in [-0.15, -0.1) is 0 Å². The van der Waals surface area contributed by atoms with Crippen molar-refractivity contribution < 1.29 is 9.53 Å². The van der Waals surface area contributed by atoms with Crippen LogP contribution >= 0.6 is 15.9 Å². The minimum absolute atomic E-state index is 0.118. The van der Waals surface area contributed by atoms with Gasteiger partial charge in [-0.25, -0.2) is 0 Å². The number of amides is 1. The topological polar surface area (TPSA) is 41.6 Å². The number of benzene rings is 1. The van der Waals surface area contributed by atoms with Crippen molar-refractivity contribution in [2.45, 2.75) is 19.1 Å².